The molecule has 17 heavy (non-hydrogen) atoms. The van der Waals surface area contributed by atoms with Gasteiger partial charge in [-0.05, 0) is 27.7 Å². The summed E-state index contributed by atoms with van der Waals surface area (Å²) in [6.07, 6.45) is 1.06. The lowest BCUT2D eigenvalue weighted by Crippen LogP contribution is -2.14. The smallest absolute Gasteiger partial charge is 0.337 e. The van der Waals surface area contributed by atoms with Crippen LogP contribution in [0.2, 0.25) is 0 Å². The molecule has 0 atom stereocenters. The van der Waals surface area contributed by atoms with Crippen molar-refractivity contribution in [3.63, 3.8) is 0 Å². The molecule has 0 aromatic heterocycles. The SMILES string of the molecule is CCOC(=O)C/C(=C/OC(C)C)C(=O)OCC. The molecule has 0 rings (SSSR count). The van der Waals surface area contributed by atoms with Crippen LogP contribution in [0, 0.1) is 0 Å². The van der Waals surface area contributed by atoms with Crippen molar-refractivity contribution >= 4 is 11.9 Å². The summed E-state index contributed by atoms with van der Waals surface area (Å²) >= 11 is 0. The number of hydrogen-bond acceptors (Lipinski definition) is 5. The van der Waals surface area contributed by atoms with Gasteiger partial charge < -0.3 is 14.2 Å². The van der Waals surface area contributed by atoms with Gasteiger partial charge in [0.25, 0.3) is 0 Å². The van der Waals surface area contributed by atoms with Crippen LogP contribution in [0.5, 0.6) is 0 Å². The van der Waals surface area contributed by atoms with Crippen molar-refractivity contribution in [1.82, 2.24) is 0 Å². The van der Waals surface area contributed by atoms with E-state index in [1.165, 1.54) is 6.26 Å². The molecule has 0 spiro atoms. The van der Waals surface area contributed by atoms with Crippen molar-refractivity contribution in [2.45, 2.75) is 40.2 Å². The summed E-state index contributed by atoms with van der Waals surface area (Å²) in [4.78, 5) is 22.8. The van der Waals surface area contributed by atoms with Gasteiger partial charge in [0, 0.05) is 0 Å². The van der Waals surface area contributed by atoms with Gasteiger partial charge in [-0.15, -0.1) is 0 Å². The van der Waals surface area contributed by atoms with E-state index in [9.17, 15) is 9.59 Å². The van der Waals surface area contributed by atoms with Crippen LogP contribution in [0.4, 0.5) is 0 Å². The summed E-state index contributed by atoms with van der Waals surface area (Å²) in [6.45, 7) is 7.58. The van der Waals surface area contributed by atoms with E-state index in [2.05, 4.69) is 0 Å². The highest BCUT2D eigenvalue weighted by atomic mass is 16.5. The highest BCUT2D eigenvalue weighted by Crippen LogP contribution is 2.08. The summed E-state index contributed by atoms with van der Waals surface area (Å²) in [5.41, 5.74) is 0.166. The Hall–Kier alpha value is -1.52. The van der Waals surface area contributed by atoms with Gasteiger partial charge in [0.2, 0.25) is 0 Å². The Labute approximate surface area is 102 Å². The summed E-state index contributed by atoms with van der Waals surface area (Å²) < 4.78 is 14.8. The Morgan fingerprint density at radius 2 is 1.71 bits per heavy atom. The molecule has 0 aromatic carbocycles. The van der Waals surface area contributed by atoms with E-state index < -0.39 is 11.9 Å². The largest absolute Gasteiger partial charge is 0.498 e. The minimum absolute atomic E-state index is 0.0679. The molecule has 0 aromatic rings. The van der Waals surface area contributed by atoms with Crippen molar-refractivity contribution < 1.29 is 23.8 Å². The Balaban J connectivity index is 4.55. The molecule has 0 aliphatic carbocycles. The van der Waals surface area contributed by atoms with Crippen molar-refractivity contribution in [2.75, 3.05) is 13.2 Å². The van der Waals surface area contributed by atoms with E-state index in [0.29, 0.717) is 0 Å². The number of rotatable bonds is 7. The van der Waals surface area contributed by atoms with E-state index in [1.807, 2.05) is 13.8 Å². The van der Waals surface area contributed by atoms with E-state index in [0.717, 1.165) is 0 Å². The van der Waals surface area contributed by atoms with Crippen LogP contribution in [0.15, 0.2) is 11.8 Å². The Kier molecular flexibility index (Phi) is 7.84. The zero-order chi connectivity index (χ0) is 13.3. The third kappa shape index (κ3) is 7.38. The molecular formula is C12H20O5. The fourth-order valence-electron chi connectivity index (χ4n) is 0.971. The lowest BCUT2D eigenvalue weighted by molar-refractivity contribution is -0.146. The number of ether oxygens (including phenoxy) is 3. The van der Waals surface area contributed by atoms with Gasteiger partial charge in [-0.1, -0.05) is 0 Å². The minimum atomic E-state index is -0.554. The second-order valence-corrected chi connectivity index (χ2v) is 3.53. The lowest BCUT2D eigenvalue weighted by atomic mass is 10.2. The van der Waals surface area contributed by atoms with Crippen LogP contribution >= 0.6 is 0 Å². The average molecular weight is 244 g/mol. The second kappa shape index (κ2) is 8.61. The molecular weight excluding hydrogens is 224 g/mol. The highest BCUT2D eigenvalue weighted by Gasteiger charge is 2.16. The Morgan fingerprint density at radius 1 is 1.12 bits per heavy atom. The molecule has 98 valence electrons. The highest BCUT2D eigenvalue weighted by molar-refractivity contribution is 5.93. The fourth-order valence-corrected chi connectivity index (χ4v) is 0.971. The van der Waals surface area contributed by atoms with Crippen LogP contribution in [-0.2, 0) is 23.8 Å². The van der Waals surface area contributed by atoms with Crippen molar-refractivity contribution in [1.29, 1.82) is 0 Å². The van der Waals surface area contributed by atoms with Gasteiger partial charge in [0.15, 0.2) is 0 Å². The first-order valence-corrected chi connectivity index (χ1v) is 5.68. The third-order valence-corrected chi connectivity index (χ3v) is 1.66. The first kappa shape index (κ1) is 15.5. The monoisotopic (exact) mass is 244 g/mol. The molecule has 0 unspecified atom stereocenters. The van der Waals surface area contributed by atoms with Gasteiger partial charge in [0.05, 0.1) is 37.6 Å². The molecule has 0 fully saturated rings. The first-order chi connectivity index (χ1) is 8.01. The van der Waals surface area contributed by atoms with Crippen LogP contribution in [0.25, 0.3) is 0 Å². The summed E-state index contributed by atoms with van der Waals surface area (Å²) in [5, 5.41) is 0. The summed E-state index contributed by atoms with van der Waals surface area (Å²) in [6, 6.07) is 0. The Morgan fingerprint density at radius 3 is 2.18 bits per heavy atom. The minimum Gasteiger partial charge on any atom is -0.498 e. The predicted octanol–water partition coefficient (Wildman–Crippen LogP) is 1.81. The van der Waals surface area contributed by atoms with E-state index in [4.69, 9.17) is 14.2 Å². The molecule has 0 N–H and O–H groups in total. The van der Waals surface area contributed by atoms with E-state index in [1.54, 1.807) is 13.8 Å². The predicted molar refractivity (Wildman–Crippen MR) is 62.2 cm³/mol. The number of carbonyl (C=O) groups is 2. The van der Waals surface area contributed by atoms with Crippen LogP contribution in [0.1, 0.15) is 34.1 Å². The molecule has 0 saturated heterocycles. The van der Waals surface area contributed by atoms with Gasteiger partial charge in [-0.3, -0.25) is 4.79 Å². The zero-order valence-electron chi connectivity index (χ0n) is 10.8. The summed E-state index contributed by atoms with van der Waals surface area (Å²) in [7, 11) is 0. The molecule has 0 heterocycles. The summed E-state index contributed by atoms with van der Waals surface area (Å²) in [5.74, 6) is -1.03. The van der Waals surface area contributed by atoms with Crippen molar-refractivity contribution in [3.8, 4) is 0 Å². The zero-order valence-corrected chi connectivity index (χ0v) is 10.8. The van der Waals surface area contributed by atoms with E-state index >= 15 is 0 Å². The van der Waals surface area contributed by atoms with Crippen LogP contribution < -0.4 is 0 Å². The number of esters is 2. The topological polar surface area (TPSA) is 61.8 Å². The maximum atomic E-state index is 11.5. The quantitative estimate of drug-likeness (QED) is 0.388. The molecule has 0 amide bonds. The maximum absolute atomic E-state index is 11.5. The Bertz CT molecular complexity index is 281. The fraction of sp³-hybridized carbons (Fsp3) is 0.667. The molecule has 0 bridgehead atoms. The van der Waals surface area contributed by atoms with Crippen molar-refractivity contribution in [2.24, 2.45) is 0 Å². The second-order valence-electron chi connectivity index (χ2n) is 3.53. The van der Waals surface area contributed by atoms with Crippen LogP contribution in [-0.4, -0.2) is 31.3 Å². The molecule has 0 aliphatic heterocycles. The third-order valence-electron chi connectivity index (χ3n) is 1.66. The molecule has 5 nitrogen and oxygen atoms in total. The first-order valence-electron chi connectivity index (χ1n) is 5.68. The van der Waals surface area contributed by atoms with Gasteiger partial charge in [-0.25, -0.2) is 4.79 Å². The number of carbonyl (C=O) groups excluding carboxylic acids is 2. The van der Waals surface area contributed by atoms with Crippen LogP contribution in [0.3, 0.4) is 0 Å². The van der Waals surface area contributed by atoms with E-state index in [-0.39, 0.29) is 31.3 Å². The normalized spacial score (nSPS) is 11.2. The van der Waals surface area contributed by atoms with Gasteiger partial charge >= 0.3 is 11.9 Å². The van der Waals surface area contributed by atoms with Crippen molar-refractivity contribution in [3.05, 3.63) is 11.8 Å². The molecule has 0 aliphatic rings. The average Bonchev–Trinajstić information content (AvgIpc) is 2.24. The maximum Gasteiger partial charge on any atom is 0.337 e. The molecule has 0 saturated carbocycles. The molecule has 0 radical (unpaired) electrons. The number of hydrogen-bond donors (Lipinski definition) is 0. The van der Waals surface area contributed by atoms with Gasteiger partial charge in [-0.2, -0.15) is 0 Å². The van der Waals surface area contributed by atoms with Gasteiger partial charge in [0.1, 0.15) is 0 Å². The standard InChI is InChI=1S/C12H20O5/c1-5-15-11(13)7-10(8-17-9(3)4)12(14)16-6-2/h8-9H,5-7H2,1-4H3/b10-8-. The molecule has 5 heteroatoms. The lowest BCUT2D eigenvalue weighted by Gasteiger charge is -2.09.